The van der Waals surface area contributed by atoms with Gasteiger partial charge in [-0.1, -0.05) is 16.1 Å². The predicted octanol–water partition coefficient (Wildman–Crippen LogP) is 1.58. The summed E-state index contributed by atoms with van der Waals surface area (Å²) in [4.78, 5) is 13.9. The van der Waals surface area contributed by atoms with Crippen molar-refractivity contribution in [3.8, 4) is 0 Å². The van der Waals surface area contributed by atoms with Crippen LogP contribution in [-0.2, 0) is 6.54 Å². The summed E-state index contributed by atoms with van der Waals surface area (Å²) in [5, 5.41) is 11.0. The molecular formula is C13H17ClN6OS. The second kappa shape index (κ2) is 6.72. The first-order valence-electron chi connectivity index (χ1n) is 7.13. The highest BCUT2D eigenvalue weighted by Crippen LogP contribution is 2.25. The van der Waals surface area contributed by atoms with Crippen LogP contribution >= 0.6 is 23.1 Å². The SMILES string of the molecule is CNC(=O)c1ccn(C2CCCN(Cc3nnsc3Cl)C2)n1. The van der Waals surface area contributed by atoms with Crippen molar-refractivity contribution in [3.05, 3.63) is 28.0 Å². The number of hydrogen-bond donors (Lipinski definition) is 1. The van der Waals surface area contributed by atoms with Crippen LogP contribution in [0.15, 0.2) is 12.3 Å². The van der Waals surface area contributed by atoms with Gasteiger partial charge in [-0.15, -0.1) is 5.10 Å². The number of carbonyl (C=O) groups excluding carboxylic acids is 1. The molecule has 1 atom stereocenters. The second-order valence-electron chi connectivity index (χ2n) is 5.28. The third-order valence-corrected chi connectivity index (χ3v) is 4.79. The van der Waals surface area contributed by atoms with Gasteiger partial charge >= 0.3 is 0 Å². The number of rotatable bonds is 4. The van der Waals surface area contributed by atoms with Crippen LogP contribution in [-0.4, -0.2) is 50.3 Å². The van der Waals surface area contributed by atoms with Crippen molar-refractivity contribution < 1.29 is 4.79 Å². The molecule has 1 saturated heterocycles. The molecule has 2 aromatic heterocycles. The minimum atomic E-state index is -0.160. The van der Waals surface area contributed by atoms with Gasteiger partial charge in [0, 0.05) is 37.9 Å². The van der Waals surface area contributed by atoms with Crippen molar-refractivity contribution in [1.29, 1.82) is 0 Å². The zero-order valence-corrected chi connectivity index (χ0v) is 13.8. The molecule has 22 heavy (non-hydrogen) atoms. The summed E-state index contributed by atoms with van der Waals surface area (Å²) in [5.74, 6) is -0.160. The lowest BCUT2D eigenvalue weighted by Gasteiger charge is -2.32. The van der Waals surface area contributed by atoms with E-state index >= 15 is 0 Å². The number of amides is 1. The quantitative estimate of drug-likeness (QED) is 0.914. The molecule has 0 radical (unpaired) electrons. The largest absolute Gasteiger partial charge is 0.354 e. The van der Waals surface area contributed by atoms with Crippen molar-refractivity contribution in [1.82, 2.24) is 29.6 Å². The van der Waals surface area contributed by atoms with E-state index in [4.69, 9.17) is 11.6 Å². The number of halogens is 1. The molecule has 0 bridgehead atoms. The van der Waals surface area contributed by atoms with Gasteiger partial charge in [0.25, 0.3) is 5.91 Å². The molecule has 118 valence electrons. The summed E-state index contributed by atoms with van der Waals surface area (Å²) in [6, 6.07) is 2.01. The highest BCUT2D eigenvalue weighted by molar-refractivity contribution is 7.10. The van der Waals surface area contributed by atoms with Gasteiger partial charge in [0.05, 0.1) is 6.04 Å². The number of nitrogens with zero attached hydrogens (tertiary/aromatic N) is 5. The third-order valence-electron chi connectivity index (χ3n) is 3.81. The fourth-order valence-corrected chi connectivity index (χ4v) is 3.30. The Bertz CT molecular complexity index is 657. The summed E-state index contributed by atoms with van der Waals surface area (Å²) in [6.07, 6.45) is 4.00. The molecule has 0 saturated carbocycles. The maximum atomic E-state index is 11.6. The van der Waals surface area contributed by atoms with Crippen molar-refractivity contribution in [2.45, 2.75) is 25.4 Å². The molecule has 1 N–H and O–H groups in total. The average molecular weight is 341 g/mol. The molecule has 1 aliphatic heterocycles. The Balaban J connectivity index is 1.66. The minimum absolute atomic E-state index is 0.160. The highest BCUT2D eigenvalue weighted by Gasteiger charge is 2.24. The van der Waals surface area contributed by atoms with E-state index in [0.717, 1.165) is 31.6 Å². The average Bonchev–Trinajstić information content (AvgIpc) is 3.17. The zero-order valence-electron chi connectivity index (χ0n) is 12.2. The fraction of sp³-hybridized carbons (Fsp3) is 0.538. The Labute approximate surface area is 137 Å². The van der Waals surface area contributed by atoms with E-state index in [-0.39, 0.29) is 11.9 Å². The number of piperidine rings is 1. The molecule has 7 nitrogen and oxygen atoms in total. The Hall–Kier alpha value is -1.51. The lowest BCUT2D eigenvalue weighted by Crippen LogP contribution is -2.36. The van der Waals surface area contributed by atoms with Crippen LogP contribution in [0.4, 0.5) is 0 Å². The Morgan fingerprint density at radius 3 is 3.18 bits per heavy atom. The van der Waals surface area contributed by atoms with Gasteiger partial charge in [0.2, 0.25) is 0 Å². The van der Waals surface area contributed by atoms with Crippen molar-refractivity contribution >= 4 is 29.0 Å². The van der Waals surface area contributed by atoms with Crippen molar-refractivity contribution in [3.63, 3.8) is 0 Å². The first-order valence-corrected chi connectivity index (χ1v) is 8.29. The van der Waals surface area contributed by atoms with Crippen LogP contribution in [0.25, 0.3) is 0 Å². The van der Waals surface area contributed by atoms with E-state index in [0.29, 0.717) is 16.6 Å². The van der Waals surface area contributed by atoms with Gasteiger partial charge in [-0.05, 0) is 25.5 Å². The molecule has 0 aromatic carbocycles. The van der Waals surface area contributed by atoms with E-state index < -0.39 is 0 Å². The van der Waals surface area contributed by atoms with Gasteiger partial charge in [-0.2, -0.15) is 5.10 Å². The molecule has 3 heterocycles. The molecule has 2 aromatic rings. The molecule has 9 heteroatoms. The zero-order chi connectivity index (χ0) is 15.5. The predicted molar refractivity (Wildman–Crippen MR) is 84.1 cm³/mol. The molecule has 3 rings (SSSR count). The molecule has 0 spiro atoms. The Kier molecular flexibility index (Phi) is 4.70. The van der Waals surface area contributed by atoms with E-state index in [2.05, 4.69) is 24.9 Å². The van der Waals surface area contributed by atoms with Crippen LogP contribution in [0.3, 0.4) is 0 Å². The first-order chi connectivity index (χ1) is 10.7. The molecule has 1 fully saturated rings. The minimum Gasteiger partial charge on any atom is -0.354 e. The second-order valence-corrected chi connectivity index (χ2v) is 6.64. The summed E-state index contributed by atoms with van der Waals surface area (Å²) >= 11 is 7.29. The molecule has 0 aliphatic carbocycles. The monoisotopic (exact) mass is 340 g/mol. The fourth-order valence-electron chi connectivity index (χ4n) is 2.68. The Morgan fingerprint density at radius 2 is 2.45 bits per heavy atom. The topological polar surface area (TPSA) is 75.9 Å². The number of aromatic nitrogens is 4. The van der Waals surface area contributed by atoms with Gasteiger partial charge in [0.15, 0.2) is 0 Å². The number of hydrogen-bond acceptors (Lipinski definition) is 6. The van der Waals surface area contributed by atoms with Gasteiger partial charge in [0.1, 0.15) is 15.7 Å². The maximum Gasteiger partial charge on any atom is 0.271 e. The first kappa shape index (κ1) is 15.4. The van der Waals surface area contributed by atoms with Crippen molar-refractivity contribution in [2.24, 2.45) is 0 Å². The standard InChI is InChI=1S/C13H17ClN6OS/c1-15-13(21)10-4-6-20(17-10)9-3-2-5-19(7-9)8-11-12(14)22-18-16-11/h4,6,9H,2-3,5,7-8H2,1H3,(H,15,21). The number of likely N-dealkylation sites (tertiary alicyclic amines) is 1. The summed E-state index contributed by atoms with van der Waals surface area (Å²) < 4.78 is 6.41. The summed E-state index contributed by atoms with van der Waals surface area (Å²) in [7, 11) is 1.61. The van der Waals surface area contributed by atoms with Crippen LogP contribution < -0.4 is 5.32 Å². The molecule has 1 aliphatic rings. The lowest BCUT2D eigenvalue weighted by atomic mass is 10.1. The van der Waals surface area contributed by atoms with Gasteiger partial charge in [-0.3, -0.25) is 14.4 Å². The Morgan fingerprint density at radius 1 is 1.59 bits per heavy atom. The van der Waals surface area contributed by atoms with E-state index in [1.807, 2.05) is 10.9 Å². The van der Waals surface area contributed by atoms with Crippen molar-refractivity contribution in [2.75, 3.05) is 20.1 Å². The van der Waals surface area contributed by atoms with Crippen LogP contribution in [0.2, 0.25) is 4.34 Å². The number of carbonyl (C=O) groups is 1. The van der Waals surface area contributed by atoms with Gasteiger partial charge in [-0.25, -0.2) is 0 Å². The van der Waals surface area contributed by atoms with Gasteiger partial charge < -0.3 is 5.32 Å². The molecule has 1 unspecified atom stereocenters. The molecule has 1 amide bonds. The summed E-state index contributed by atoms with van der Waals surface area (Å²) in [5.41, 5.74) is 1.28. The number of nitrogens with one attached hydrogen (secondary N) is 1. The summed E-state index contributed by atoms with van der Waals surface area (Å²) in [6.45, 7) is 2.58. The normalized spacial score (nSPS) is 19.3. The lowest BCUT2D eigenvalue weighted by molar-refractivity contribution is 0.0955. The molecular weight excluding hydrogens is 324 g/mol. The third kappa shape index (κ3) is 3.29. The van der Waals surface area contributed by atoms with Crippen LogP contribution in [0.5, 0.6) is 0 Å². The highest BCUT2D eigenvalue weighted by atomic mass is 35.5. The maximum absolute atomic E-state index is 11.6. The smallest absolute Gasteiger partial charge is 0.271 e. The van der Waals surface area contributed by atoms with E-state index in [1.54, 1.807) is 13.1 Å². The van der Waals surface area contributed by atoms with E-state index in [1.165, 1.54) is 11.5 Å². The van der Waals surface area contributed by atoms with Crippen LogP contribution in [0, 0.1) is 0 Å². The van der Waals surface area contributed by atoms with E-state index in [9.17, 15) is 4.79 Å². The van der Waals surface area contributed by atoms with Crippen LogP contribution in [0.1, 0.15) is 35.1 Å².